The zero-order valence-corrected chi connectivity index (χ0v) is 11.4. The van der Waals surface area contributed by atoms with Crippen molar-refractivity contribution in [2.75, 3.05) is 6.54 Å². The summed E-state index contributed by atoms with van der Waals surface area (Å²) in [5.74, 6) is 0.406. The number of hydrogen-bond donors (Lipinski definition) is 2. The predicted molar refractivity (Wildman–Crippen MR) is 74.4 cm³/mol. The van der Waals surface area contributed by atoms with Crippen molar-refractivity contribution in [1.29, 1.82) is 0 Å². The van der Waals surface area contributed by atoms with Crippen molar-refractivity contribution in [3.05, 3.63) is 18.7 Å². The standard InChI is InChI=1S/C14H24N4O/c15-13-5-3-12(4-6-13)14(19)17-7-1-2-9-18-10-8-16-11-18/h8,10-13H,1-7,9,15H2,(H,17,19). The monoisotopic (exact) mass is 264 g/mol. The third kappa shape index (κ3) is 4.67. The first-order valence-corrected chi connectivity index (χ1v) is 7.25. The number of aromatic nitrogens is 2. The molecule has 106 valence electrons. The van der Waals surface area contributed by atoms with Gasteiger partial charge in [0.05, 0.1) is 6.33 Å². The zero-order valence-electron chi connectivity index (χ0n) is 11.4. The summed E-state index contributed by atoms with van der Waals surface area (Å²) >= 11 is 0. The maximum atomic E-state index is 11.9. The van der Waals surface area contributed by atoms with Gasteiger partial charge in [-0.05, 0) is 38.5 Å². The lowest BCUT2D eigenvalue weighted by Crippen LogP contribution is -2.36. The normalized spacial score (nSPS) is 23.2. The number of carbonyl (C=O) groups excluding carboxylic acids is 1. The number of amides is 1. The van der Waals surface area contributed by atoms with Crippen molar-refractivity contribution >= 4 is 5.91 Å². The summed E-state index contributed by atoms with van der Waals surface area (Å²) in [7, 11) is 0. The minimum Gasteiger partial charge on any atom is -0.356 e. The second-order valence-corrected chi connectivity index (χ2v) is 5.41. The van der Waals surface area contributed by atoms with Crippen LogP contribution in [0.3, 0.4) is 0 Å². The second-order valence-electron chi connectivity index (χ2n) is 5.41. The summed E-state index contributed by atoms with van der Waals surface area (Å²) in [6.45, 7) is 1.74. The van der Waals surface area contributed by atoms with Gasteiger partial charge in [0.1, 0.15) is 0 Å². The molecule has 1 aromatic rings. The van der Waals surface area contributed by atoms with Crippen LogP contribution in [0.15, 0.2) is 18.7 Å². The highest BCUT2D eigenvalue weighted by molar-refractivity contribution is 5.78. The minimum absolute atomic E-state index is 0.188. The van der Waals surface area contributed by atoms with Crippen LogP contribution < -0.4 is 11.1 Å². The van der Waals surface area contributed by atoms with E-state index >= 15 is 0 Å². The largest absolute Gasteiger partial charge is 0.356 e. The first-order chi connectivity index (χ1) is 9.25. The maximum absolute atomic E-state index is 11.9. The highest BCUT2D eigenvalue weighted by atomic mass is 16.1. The van der Waals surface area contributed by atoms with Gasteiger partial charge in [-0.25, -0.2) is 4.98 Å². The van der Waals surface area contributed by atoms with Crippen molar-refractivity contribution in [3.63, 3.8) is 0 Å². The number of aryl methyl sites for hydroxylation is 1. The summed E-state index contributed by atoms with van der Waals surface area (Å²) in [5.41, 5.74) is 5.84. The number of nitrogens with zero attached hydrogens (tertiary/aromatic N) is 2. The maximum Gasteiger partial charge on any atom is 0.223 e. The van der Waals surface area contributed by atoms with Crippen molar-refractivity contribution < 1.29 is 4.79 Å². The highest BCUT2D eigenvalue weighted by Crippen LogP contribution is 2.23. The predicted octanol–water partition coefficient (Wildman–Crippen LogP) is 1.30. The van der Waals surface area contributed by atoms with Crippen LogP contribution in [0.2, 0.25) is 0 Å². The average Bonchev–Trinajstić information content (AvgIpc) is 2.92. The number of hydrogen-bond acceptors (Lipinski definition) is 3. The molecule has 0 aromatic carbocycles. The smallest absolute Gasteiger partial charge is 0.223 e. The minimum atomic E-state index is 0.188. The molecule has 3 N–H and O–H groups in total. The van der Waals surface area contributed by atoms with Crippen LogP contribution in [0, 0.1) is 5.92 Å². The number of unbranched alkanes of at least 4 members (excludes halogenated alkanes) is 1. The molecule has 1 aliphatic carbocycles. The van der Waals surface area contributed by atoms with Crippen LogP contribution in [0.25, 0.3) is 0 Å². The molecular weight excluding hydrogens is 240 g/mol. The molecule has 2 rings (SSSR count). The van der Waals surface area contributed by atoms with Gasteiger partial charge in [0, 0.05) is 37.4 Å². The molecule has 1 aliphatic rings. The van der Waals surface area contributed by atoms with E-state index in [1.807, 2.05) is 12.5 Å². The molecule has 19 heavy (non-hydrogen) atoms. The number of carbonyl (C=O) groups is 1. The lowest BCUT2D eigenvalue weighted by molar-refractivity contribution is -0.126. The van der Waals surface area contributed by atoms with E-state index < -0.39 is 0 Å². The van der Waals surface area contributed by atoms with E-state index in [2.05, 4.69) is 14.9 Å². The van der Waals surface area contributed by atoms with E-state index in [0.717, 1.165) is 51.6 Å². The molecule has 5 nitrogen and oxygen atoms in total. The SMILES string of the molecule is NC1CCC(C(=O)NCCCCn2ccnc2)CC1. The van der Waals surface area contributed by atoms with E-state index in [0.29, 0.717) is 6.04 Å². The third-order valence-electron chi connectivity index (χ3n) is 3.84. The molecule has 1 saturated carbocycles. The average molecular weight is 264 g/mol. The first kappa shape index (κ1) is 14.1. The summed E-state index contributed by atoms with van der Waals surface area (Å²) in [4.78, 5) is 15.9. The molecule has 1 fully saturated rings. The van der Waals surface area contributed by atoms with Gasteiger partial charge in [-0.1, -0.05) is 0 Å². The molecule has 0 spiro atoms. The van der Waals surface area contributed by atoms with Crippen molar-refractivity contribution in [2.45, 2.75) is 51.1 Å². The summed E-state index contributed by atoms with van der Waals surface area (Å²) in [5, 5.41) is 3.04. The fourth-order valence-corrected chi connectivity index (χ4v) is 2.58. The fraction of sp³-hybridized carbons (Fsp3) is 0.714. The molecule has 1 aromatic heterocycles. The van der Waals surface area contributed by atoms with Crippen molar-refractivity contribution in [1.82, 2.24) is 14.9 Å². The topological polar surface area (TPSA) is 72.9 Å². The van der Waals surface area contributed by atoms with Crippen molar-refractivity contribution in [3.8, 4) is 0 Å². The Balaban J connectivity index is 1.54. The summed E-state index contributed by atoms with van der Waals surface area (Å²) in [6.07, 6.45) is 11.5. The Kier molecular flexibility index (Phi) is 5.39. The molecule has 0 radical (unpaired) electrons. The van der Waals surface area contributed by atoms with Gasteiger partial charge in [-0.15, -0.1) is 0 Å². The van der Waals surface area contributed by atoms with Gasteiger partial charge >= 0.3 is 0 Å². The van der Waals surface area contributed by atoms with Crippen LogP contribution >= 0.6 is 0 Å². The Morgan fingerprint density at radius 1 is 1.32 bits per heavy atom. The Hall–Kier alpha value is -1.36. The van der Waals surface area contributed by atoms with Gasteiger partial charge in [0.15, 0.2) is 0 Å². The van der Waals surface area contributed by atoms with Crippen molar-refractivity contribution in [2.24, 2.45) is 11.7 Å². The molecular formula is C14H24N4O. The number of imidazole rings is 1. The second kappa shape index (κ2) is 7.28. The Morgan fingerprint density at radius 3 is 2.79 bits per heavy atom. The van der Waals surface area contributed by atoms with Crippen LogP contribution in [0.1, 0.15) is 38.5 Å². The molecule has 0 unspecified atom stereocenters. The van der Waals surface area contributed by atoms with E-state index in [9.17, 15) is 4.79 Å². The first-order valence-electron chi connectivity index (χ1n) is 7.25. The van der Waals surface area contributed by atoms with Crippen LogP contribution in [0.5, 0.6) is 0 Å². The van der Waals surface area contributed by atoms with Gasteiger partial charge in [0.25, 0.3) is 0 Å². The van der Waals surface area contributed by atoms with E-state index in [1.54, 1.807) is 6.20 Å². The third-order valence-corrected chi connectivity index (χ3v) is 3.84. The highest BCUT2D eigenvalue weighted by Gasteiger charge is 2.23. The molecule has 1 amide bonds. The number of rotatable bonds is 6. The van der Waals surface area contributed by atoms with Crippen LogP contribution in [0.4, 0.5) is 0 Å². The Morgan fingerprint density at radius 2 is 2.11 bits per heavy atom. The zero-order chi connectivity index (χ0) is 13.5. The Labute approximate surface area is 114 Å². The Bertz CT molecular complexity index is 369. The van der Waals surface area contributed by atoms with E-state index in [4.69, 9.17) is 5.73 Å². The molecule has 0 atom stereocenters. The quantitative estimate of drug-likeness (QED) is 0.761. The van der Waals surface area contributed by atoms with E-state index in [-0.39, 0.29) is 11.8 Å². The summed E-state index contributed by atoms with van der Waals surface area (Å²) < 4.78 is 2.06. The van der Waals surface area contributed by atoms with Gasteiger partial charge in [-0.2, -0.15) is 0 Å². The molecule has 0 bridgehead atoms. The van der Waals surface area contributed by atoms with Gasteiger partial charge < -0.3 is 15.6 Å². The number of nitrogens with two attached hydrogens (primary N) is 1. The van der Waals surface area contributed by atoms with Crippen LogP contribution in [-0.4, -0.2) is 28.0 Å². The lowest BCUT2D eigenvalue weighted by atomic mass is 9.86. The van der Waals surface area contributed by atoms with Crippen LogP contribution in [-0.2, 0) is 11.3 Å². The van der Waals surface area contributed by atoms with Gasteiger partial charge in [0.2, 0.25) is 5.91 Å². The molecule has 0 saturated heterocycles. The molecule has 1 heterocycles. The fourth-order valence-electron chi connectivity index (χ4n) is 2.58. The number of nitrogens with one attached hydrogen (secondary N) is 1. The van der Waals surface area contributed by atoms with Gasteiger partial charge in [-0.3, -0.25) is 4.79 Å². The van der Waals surface area contributed by atoms with E-state index in [1.165, 1.54) is 0 Å². The summed E-state index contributed by atoms with van der Waals surface area (Å²) in [6, 6.07) is 0.305. The molecule has 5 heteroatoms. The lowest BCUT2D eigenvalue weighted by Gasteiger charge is -2.25. The molecule has 0 aliphatic heterocycles.